The Kier molecular flexibility index (Phi) is 22.6. The summed E-state index contributed by atoms with van der Waals surface area (Å²) in [5.74, 6) is 6.48. The first-order chi connectivity index (χ1) is 32.3. The van der Waals surface area contributed by atoms with Crippen LogP contribution < -0.4 is 0 Å². The summed E-state index contributed by atoms with van der Waals surface area (Å²) in [6.45, 7) is 3.66. The average molecular weight is 962 g/mol. The van der Waals surface area contributed by atoms with E-state index in [9.17, 15) is 5.11 Å². The highest BCUT2D eigenvalue weighted by molar-refractivity contribution is 6.76. The second-order valence-corrected chi connectivity index (χ2v) is 19.7. The topological polar surface area (TPSA) is 88.0 Å². The highest BCUT2D eigenvalue weighted by atomic mass is 35.6. The summed E-state index contributed by atoms with van der Waals surface area (Å²) in [7, 11) is 0. The second kappa shape index (κ2) is 28.8. The van der Waals surface area contributed by atoms with Gasteiger partial charge in [-0.2, -0.15) is 0 Å². The lowest BCUT2D eigenvalue weighted by Gasteiger charge is -2.45. The first kappa shape index (κ1) is 51.9. The van der Waals surface area contributed by atoms with Crippen molar-refractivity contribution in [3.8, 4) is 11.8 Å². The largest absolute Gasteiger partial charge is 0.472 e. The van der Waals surface area contributed by atoms with Crippen molar-refractivity contribution < 1.29 is 33.5 Å². The van der Waals surface area contributed by atoms with E-state index in [-0.39, 0.29) is 25.7 Å². The molecule has 1 fully saturated rings. The van der Waals surface area contributed by atoms with Gasteiger partial charge in [0.15, 0.2) is 0 Å². The van der Waals surface area contributed by atoms with E-state index in [1.807, 2.05) is 121 Å². The van der Waals surface area contributed by atoms with Gasteiger partial charge in [0.25, 0.3) is 3.79 Å². The molecule has 2 aliphatic rings. The van der Waals surface area contributed by atoms with Crippen LogP contribution in [-0.2, 0) is 54.8 Å². The summed E-state index contributed by atoms with van der Waals surface area (Å²) in [4.78, 5) is 4.57. The first-order valence-corrected chi connectivity index (χ1v) is 25.2. The number of benzene rings is 4. The molecule has 4 aromatic carbocycles. The molecular formula is C55H68Cl3NO7. The number of alkyl halides is 3. The van der Waals surface area contributed by atoms with Crippen LogP contribution in [0.25, 0.3) is 0 Å². The molecule has 8 atom stereocenters. The van der Waals surface area contributed by atoms with Gasteiger partial charge in [0, 0.05) is 0 Å². The molecule has 356 valence electrons. The lowest BCUT2D eigenvalue weighted by atomic mass is 9.93. The lowest BCUT2D eigenvalue weighted by molar-refractivity contribution is -0.261. The van der Waals surface area contributed by atoms with E-state index in [0.29, 0.717) is 19.6 Å². The Labute approximate surface area is 408 Å². The number of rotatable bonds is 26. The molecule has 0 aliphatic carbocycles. The molecule has 2 aliphatic heterocycles. The third kappa shape index (κ3) is 17.6. The van der Waals surface area contributed by atoms with Gasteiger partial charge < -0.3 is 33.5 Å². The molecule has 0 radical (unpaired) electrons. The fourth-order valence-corrected chi connectivity index (χ4v) is 8.68. The quantitative estimate of drug-likeness (QED) is 0.0381. The maximum atomic E-state index is 11.8. The van der Waals surface area contributed by atoms with Gasteiger partial charge in [-0.1, -0.05) is 246 Å². The molecule has 0 spiro atoms. The van der Waals surface area contributed by atoms with Crippen LogP contribution in [0.5, 0.6) is 0 Å². The second-order valence-electron chi connectivity index (χ2n) is 17.4. The maximum absolute atomic E-state index is 11.8. The van der Waals surface area contributed by atoms with Crippen molar-refractivity contribution in [1.82, 2.24) is 0 Å². The Morgan fingerprint density at radius 3 is 1.47 bits per heavy atom. The van der Waals surface area contributed by atoms with E-state index in [1.54, 1.807) is 0 Å². The number of ether oxygens (including phenoxy) is 6. The predicted octanol–water partition coefficient (Wildman–Crippen LogP) is 12.7. The molecule has 0 amide bonds. The molecule has 11 heteroatoms. The molecule has 66 heavy (non-hydrogen) atoms. The van der Waals surface area contributed by atoms with Crippen molar-refractivity contribution in [3.63, 3.8) is 0 Å². The summed E-state index contributed by atoms with van der Waals surface area (Å²) in [5, 5.41) is 11.8. The molecule has 0 bridgehead atoms. The van der Waals surface area contributed by atoms with Crippen LogP contribution in [-0.4, -0.2) is 70.2 Å². The van der Waals surface area contributed by atoms with Crippen LogP contribution in [0.1, 0.15) is 113 Å². The number of hydrogen-bond donors (Lipinski definition) is 1. The van der Waals surface area contributed by atoms with Gasteiger partial charge >= 0.3 is 0 Å². The molecule has 0 unspecified atom stereocenters. The average Bonchev–Trinajstić information content (AvgIpc) is 3.33. The fraction of sp³-hybridized carbons (Fsp3) is 0.509. The van der Waals surface area contributed by atoms with Crippen LogP contribution in [0.2, 0.25) is 0 Å². The van der Waals surface area contributed by atoms with Gasteiger partial charge in [-0.25, -0.2) is 4.99 Å². The summed E-state index contributed by atoms with van der Waals surface area (Å²) in [5.41, 5.74) is 3.99. The van der Waals surface area contributed by atoms with Crippen LogP contribution in [0.4, 0.5) is 0 Å². The number of aliphatic hydroxyl groups excluding tert-OH is 1. The fourth-order valence-electron chi connectivity index (χ4n) is 8.40. The van der Waals surface area contributed by atoms with Crippen molar-refractivity contribution in [2.75, 3.05) is 6.61 Å². The van der Waals surface area contributed by atoms with E-state index >= 15 is 0 Å². The van der Waals surface area contributed by atoms with Gasteiger partial charge in [0.2, 0.25) is 5.90 Å². The number of aliphatic imine (C=N–C) groups is 1. The lowest BCUT2D eigenvalue weighted by Crippen LogP contribution is -2.61. The van der Waals surface area contributed by atoms with E-state index in [4.69, 9.17) is 63.2 Å². The summed E-state index contributed by atoms with van der Waals surface area (Å²) < 4.78 is 38.0. The summed E-state index contributed by atoms with van der Waals surface area (Å²) >= 11 is 19.2. The Bertz CT molecular complexity index is 2010. The molecule has 0 aromatic heterocycles. The third-order valence-electron chi connectivity index (χ3n) is 12.1. The minimum Gasteiger partial charge on any atom is -0.472 e. The Morgan fingerprint density at radius 2 is 0.985 bits per heavy atom. The Morgan fingerprint density at radius 1 is 0.545 bits per heavy atom. The Hall–Kier alpha value is -3.46. The van der Waals surface area contributed by atoms with Crippen molar-refractivity contribution in [2.24, 2.45) is 4.99 Å². The smallest absolute Gasteiger partial charge is 0.266 e. The van der Waals surface area contributed by atoms with Crippen molar-refractivity contribution in [1.29, 1.82) is 0 Å². The van der Waals surface area contributed by atoms with Crippen LogP contribution in [0.15, 0.2) is 126 Å². The van der Waals surface area contributed by atoms with Crippen LogP contribution in [0.3, 0.4) is 0 Å². The molecule has 8 nitrogen and oxygen atoms in total. The zero-order valence-corrected chi connectivity index (χ0v) is 40.6. The van der Waals surface area contributed by atoms with E-state index < -0.39 is 52.6 Å². The molecule has 4 aromatic rings. The third-order valence-corrected chi connectivity index (χ3v) is 12.6. The van der Waals surface area contributed by atoms with Crippen molar-refractivity contribution >= 4 is 40.7 Å². The monoisotopic (exact) mass is 959 g/mol. The minimum atomic E-state index is -1.95. The zero-order chi connectivity index (χ0) is 46.2. The van der Waals surface area contributed by atoms with Gasteiger partial charge in [-0.05, 0) is 35.1 Å². The molecule has 1 saturated heterocycles. The maximum Gasteiger partial charge on any atom is 0.266 e. The number of aliphatic hydroxyl groups is 1. The highest BCUT2D eigenvalue weighted by Crippen LogP contribution is 2.35. The van der Waals surface area contributed by atoms with Gasteiger partial charge in [0.1, 0.15) is 48.8 Å². The highest BCUT2D eigenvalue weighted by Gasteiger charge is 2.48. The zero-order valence-electron chi connectivity index (χ0n) is 38.4. The van der Waals surface area contributed by atoms with Gasteiger partial charge in [-0.15, -0.1) is 0 Å². The van der Waals surface area contributed by atoms with Crippen LogP contribution >= 0.6 is 34.8 Å². The number of unbranched alkanes of at least 4 members (excludes halogenated alkanes) is 11. The number of hydrogen-bond acceptors (Lipinski definition) is 8. The molecule has 2 heterocycles. The van der Waals surface area contributed by atoms with Crippen LogP contribution in [0, 0.1) is 11.8 Å². The first-order valence-electron chi connectivity index (χ1n) is 24.0. The number of nitrogens with zero attached hydrogens (tertiary/aromatic N) is 1. The Balaban J connectivity index is 1.24. The van der Waals surface area contributed by atoms with Crippen molar-refractivity contribution in [3.05, 3.63) is 144 Å². The van der Waals surface area contributed by atoms with E-state index in [0.717, 1.165) is 41.5 Å². The van der Waals surface area contributed by atoms with Crippen molar-refractivity contribution in [2.45, 2.75) is 169 Å². The number of halogens is 3. The molecule has 1 N–H and O–H groups in total. The van der Waals surface area contributed by atoms with Gasteiger partial charge in [0.05, 0.1) is 33.0 Å². The van der Waals surface area contributed by atoms with E-state index in [1.165, 1.54) is 57.8 Å². The summed E-state index contributed by atoms with van der Waals surface area (Å²) in [6.07, 6.45) is 9.93. The standard InChI is InChI=1S/C55H68Cl3NO7/c1-2-3-4-5-6-7-8-9-10-11-12-25-34-47-50(60)46(59-54(66-47)55(56,57)58)35-36-48-51(62-38-43-28-19-14-20-29-43)53(64-40-45-32-23-16-24-33-45)52(63-39-44-30-21-15-22-31-44)49(65-48)41-61-37-42-26-17-13-18-27-42/h13-24,26-33,46-53,60H,2-12,25,34,37-41H2,1H3/t46-,47+,48+,49+,50-,51-,52-,53+/m0/s1. The predicted molar refractivity (Wildman–Crippen MR) is 266 cm³/mol. The van der Waals surface area contributed by atoms with Gasteiger partial charge in [-0.3, -0.25) is 0 Å². The SMILES string of the molecule is CCCCCCCCCCCCCC[C@H]1OC(C(Cl)(Cl)Cl)=N[C@@H](C#C[C@H]2O[C@H](COCc3ccccc3)[C@H](OCc3ccccc3)[C@H](OCc3ccccc3)[C@H]2OCc2ccccc2)[C@@H]1O. The molecule has 6 rings (SSSR count). The molecular weight excluding hydrogens is 893 g/mol. The minimum absolute atomic E-state index is 0.0897. The normalized spacial score (nSPS) is 23.1. The van der Waals surface area contributed by atoms with E-state index in [2.05, 4.69) is 23.8 Å². The summed E-state index contributed by atoms with van der Waals surface area (Å²) in [6, 6.07) is 39.0. The molecule has 0 saturated carbocycles.